The number of hydrogen-bond donors (Lipinski definition) is 0. The molecule has 1 heterocycles. The van der Waals surface area contributed by atoms with Crippen molar-refractivity contribution in [2.45, 2.75) is 12.6 Å². The fourth-order valence-electron chi connectivity index (χ4n) is 1.12. The second-order valence-electron chi connectivity index (χ2n) is 2.73. The van der Waals surface area contributed by atoms with Crippen molar-refractivity contribution in [2.24, 2.45) is 4.99 Å². The van der Waals surface area contributed by atoms with Gasteiger partial charge in [0.15, 0.2) is 0 Å². The van der Waals surface area contributed by atoms with Crippen molar-refractivity contribution in [2.75, 3.05) is 6.54 Å². The maximum Gasteiger partial charge on any atom is 0.433 e. The molecule has 0 aliphatic rings. The molecule has 0 aliphatic carbocycles. The van der Waals surface area contributed by atoms with E-state index in [0.717, 1.165) is 6.20 Å². The molecular weight excluding hydrogens is 209 g/mol. The van der Waals surface area contributed by atoms with Crippen LogP contribution in [0.4, 0.5) is 13.2 Å². The van der Waals surface area contributed by atoms with E-state index in [1.54, 1.807) is 0 Å². The van der Waals surface area contributed by atoms with Gasteiger partial charge < -0.3 is 0 Å². The molecule has 0 aliphatic heterocycles. The van der Waals surface area contributed by atoms with Gasteiger partial charge in [0.1, 0.15) is 5.69 Å². The number of aliphatic imine (C=N–C) groups is 1. The first-order valence-corrected chi connectivity index (χ1v) is 4.10. The molecule has 0 bridgehead atoms. The van der Waals surface area contributed by atoms with Crippen molar-refractivity contribution in [1.82, 2.24) is 4.98 Å². The molecule has 0 atom stereocenters. The van der Waals surface area contributed by atoms with Gasteiger partial charge >= 0.3 is 6.18 Å². The zero-order chi connectivity index (χ0) is 11.3. The third-order valence-corrected chi connectivity index (χ3v) is 1.72. The molecule has 0 saturated heterocycles. The van der Waals surface area contributed by atoms with Gasteiger partial charge in [-0.3, -0.25) is 4.98 Å². The summed E-state index contributed by atoms with van der Waals surface area (Å²) in [6.45, 7) is -0.0156. The summed E-state index contributed by atoms with van der Waals surface area (Å²) in [5.41, 5.74) is -0.893. The lowest BCUT2D eigenvalue weighted by atomic mass is 10.1. The van der Waals surface area contributed by atoms with Crippen LogP contribution in [0.2, 0.25) is 0 Å². The highest BCUT2D eigenvalue weighted by atomic mass is 19.4. The van der Waals surface area contributed by atoms with Crippen LogP contribution in [0, 0.1) is 0 Å². The standard InChI is InChI=1S/C9H7F3N2O/c10-9(11,12)8-7(2-1-4-14-8)3-5-13-6-15/h1-2,4H,3,5H2. The fraction of sp³-hybridized carbons (Fsp3) is 0.333. The predicted molar refractivity (Wildman–Crippen MR) is 45.9 cm³/mol. The van der Waals surface area contributed by atoms with E-state index in [1.165, 1.54) is 18.2 Å². The molecule has 0 amide bonds. The van der Waals surface area contributed by atoms with Crippen molar-refractivity contribution >= 4 is 6.08 Å². The van der Waals surface area contributed by atoms with Crippen LogP contribution in [0.25, 0.3) is 0 Å². The maximum atomic E-state index is 12.4. The normalized spacial score (nSPS) is 10.9. The Balaban J connectivity index is 2.91. The number of pyridine rings is 1. The number of aromatic nitrogens is 1. The van der Waals surface area contributed by atoms with Crippen LogP contribution >= 0.6 is 0 Å². The van der Waals surface area contributed by atoms with Gasteiger partial charge in [-0.25, -0.2) is 9.79 Å². The molecule has 3 nitrogen and oxygen atoms in total. The molecule has 1 rings (SSSR count). The van der Waals surface area contributed by atoms with E-state index in [4.69, 9.17) is 0 Å². The number of nitrogens with zero attached hydrogens (tertiary/aromatic N) is 2. The maximum absolute atomic E-state index is 12.4. The number of hydrogen-bond acceptors (Lipinski definition) is 3. The van der Waals surface area contributed by atoms with Gasteiger partial charge in [-0.1, -0.05) is 6.07 Å². The first kappa shape index (κ1) is 11.4. The zero-order valence-corrected chi connectivity index (χ0v) is 7.58. The smallest absolute Gasteiger partial charge is 0.252 e. The monoisotopic (exact) mass is 216 g/mol. The Bertz CT molecular complexity index is 383. The van der Waals surface area contributed by atoms with Gasteiger partial charge in [0.05, 0.1) is 6.54 Å². The summed E-state index contributed by atoms with van der Waals surface area (Å²) in [5.74, 6) is 0. The van der Waals surface area contributed by atoms with Crippen molar-refractivity contribution < 1.29 is 18.0 Å². The lowest BCUT2D eigenvalue weighted by molar-refractivity contribution is -0.141. The summed E-state index contributed by atoms with van der Waals surface area (Å²) in [4.78, 5) is 16.2. The lowest BCUT2D eigenvalue weighted by Gasteiger charge is -2.09. The van der Waals surface area contributed by atoms with Gasteiger partial charge in [-0.15, -0.1) is 0 Å². The number of carbonyl (C=O) groups excluding carboxylic acids is 1. The highest BCUT2D eigenvalue weighted by molar-refractivity contribution is 5.33. The third-order valence-electron chi connectivity index (χ3n) is 1.72. The molecule has 6 heteroatoms. The average Bonchev–Trinajstić information content (AvgIpc) is 2.17. The molecular formula is C9H7F3N2O. The van der Waals surface area contributed by atoms with Crippen molar-refractivity contribution in [3.05, 3.63) is 29.6 Å². The fourth-order valence-corrected chi connectivity index (χ4v) is 1.12. The number of halogens is 3. The Labute approximate surface area is 83.7 Å². The molecule has 1 aromatic rings. The molecule has 0 aromatic carbocycles. The third kappa shape index (κ3) is 3.18. The van der Waals surface area contributed by atoms with Gasteiger partial charge in [-0.05, 0) is 18.1 Å². The van der Waals surface area contributed by atoms with Gasteiger partial charge in [0.2, 0.25) is 6.08 Å². The first-order chi connectivity index (χ1) is 7.05. The summed E-state index contributed by atoms with van der Waals surface area (Å²) in [7, 11) is 0. The topological polar surface area (TPSA) is 42.3 Å². The van der Waals surface area contributed by atoms with Crippen molar-refractivity contribution in [1.29, 1.82) is 0 Å². The minimum absolute atomic E-state index is 0.0156. The molecule has 0 N–H and O–H groups in total. The van der Waals surface area contributed by atoms with E-state index in [1.807, 2.05) is 0 Å². The first-order valence-electron chi connectivity index (χ1n) is 4.10. The van der Waals surface area contributed by atoms with Crippen LogP contribution in [0.3, 0.4) is 0 Å². The van der Waals surface area contributed by atoms with Crippen LogP contribution in [-0.4, -0.2) is 17.6 Å². The van der Waals surface area contributed by atoms with Crippen LogP contribution in [0.5, 0.6) is 0 Å². The van der Waals surface area contributed by atoms with Crippen LogP contribution in [0.15, 0.2) is 23.3 Å². The predicted octanol–water partition coefficient (Wildman–Crippen LogP) is 1.98. The number of rotatable bonds is 3. The van der Waals surface area contributed by atoms with Gasteiger partial charge in [-0.2, -0.15) is 13.2 Å². The molecule has 15 heavy (non-hydrogen) atoms. The molecule has 80 valence electrons. The van der Waals surface area contributed by atoms with E-state index in [9.17, 15) is 18.0 Å². The van der Waals surface area contributed by atoms with E-state index >= 15 is 0 Å². The largest absolute Gasteiger partial charge is 0.433 e. The number of isocyanates is 1. The minimum Gasteiger partial charge on any atom is -0.252 e. The van der Waals surface area contributed by atoms with E-state index < -0.39 is 11.9 Å². The Morgan fingerprint density at radius 3 is 2.80 bits per heavy atom. The van der Waals surface area contributed by atoms with Gasteiger partial charge in [0.25, 0.3) is 0 Å². The van der Waals surface area contributed by atoms with Gasteiger partial charge in [0, 0.05) is 6.20 Å². The van der Waals surface area contributed by atoms with E-state index in [0.29, 0.717) is 0 Å². The molecule has 0 radical (unpaired) electrons. The van der Waals surface area contributed by atoms with Crippen molar-refractivity contribution in [3.8, 4) is 0 Å². The average molecular weight is 216 g/mol. The summed E-state index contributed by atoms with van der Waals surface area (Å²) in [6, 6.07) is 2.73. The Hall–Kier alpha value is -1.68. The molecule has 0 unspecified atom stereocenters. The second-order valence-corrected chi connectivity index (χ2v) is 2.73. The molecule has 0 fully saturated rings. The minimum atomic E-state index is -4.47. The Morgan fingerprint density at radius 1 is 1.47 bits per heavy atom. The summed E-state index contributed by atoms with van der Waals surface area (Å²) in [6.07, 6.45) is -2.10. The quantitative estimate of drug-likeness (QED) is 0.572. The van der Waals surface area contributed by atoms with Crippen LogP contribution in [-0.2, 0) is 17.4 Å². The molecule has 0 spiro atoms. The number of alkyl halides is 3. The van der Waals surface area contributed by atoms with Crippen LogP contribution in [0.1, 0.15) is 11.3 Å². The SMILES string of the molecule is O=C=NCCc1cccnc1C(F)(F)F. The Morgan fingerprint density at radius 2 is 2.20 bits per heavy atom. The van der Waals surface area contributed by atoms with Crippen molar-refractivity contribution in [3.63, 3.8) is 0 Å². The summed E-state index contributed by atoms with van der Waals surface area (Å²) in [5, 5.41) is 0. The van der Waals surface area contributed by atoms with Crippen LogP contribution < -0.4 is 0 Å². The zero-order valence-electron chi connectivity index (χ0n) is 7.58. The highest BCUT2D eigenvalue weighted by Gasteiger charge is 2.34. The second kappa shape index (κ2) is 4.70. The van der Waals surface area contributed by atoms with E-state index in [-0.39, 0.29) is 18.5 Å². The highest BCUT2D eigenvalue weighted by Crippen LogP contribution is 2.30. The van der Waals surface area contributed by atoms with E-state index in [2.05, 4.69) is 9.98 Å². The Kier molecular flexibility index (Phi) is 3.57. The summed E-state index contributed by atoms with van der Waals surface area (Å²) < 4.78 is 37.2. The molecule has 0 saturated carbocycles. The lowest BCUT2D eigenvalue weighted by Crippen LogP contribution is -2.12. The molecule has 1 aromatic heterocycles. The summed E-state index contributed by atoms with van der Waals surface area (Å²) >= 11 is 0.